The van der Waals surface area contributed by atoms with Gasteiger partial charge >= 0.3 is 0 Å². The highest BCUT2D eigenvalue weighted by atomic mass is 32.1. The van der Waals surface area contributed by atoms with Gasteiger partial charge in [-0.3, -0.25) is 0 Å². The van der Waals surface area contributed by atoms with Gasteiger partial charge in [0, 0.05) is 53.1 Å². The second kappa shape index (κ2) is 12.0. The number of para-hydroxylation sites is 2. The van der Waals surface area contributed by atoms with Gasteiger partial charge in [-0.05, 0) is 82.9 Å². The first kappa shape index (κ1) is 31.1. The van der Waals surface area contributed by atoms with E-state index in [-0.39, 0.29) is 0 Å². The lowest BCUT2D eigenvalue weighted by Crippen LogP contribution is -1.93. The first-order valence-corrected chi connectivity index (χ1v) is 19.0. The van der Waals surface area contributed by atoms with E-state index in [2.05, 4.69) is 141 Å². The molecule has 3 aromatic heterocycles. The number of nitriles is 1. The Morgan fingerprint density at radius 3 is 1.29 bits per heavy atom. The molecule has 0 aliphatic rings. The van der Waals surface area contributed by atoms with Crippen LogP contribution in [0.25, 0.3) is 102 Å². The van der Waals surface area contributed by atoms with Crippen LogP contribution >= 0.6 is 11.3 Å². The summed E-state index contributed by atoms with van der Waals surface area (Å²) in [4.78, 5) is 3.54. The molecule has 8 aromatic carbocycles. The van der Waals surface area contributed by atoms with E-state index in [9.17, 15) is 5.26 Å². The molecule has 0 fully saturated rings. The molecule has 0 saturated heterocycles. The van der Waals surface area contributed by atoms with Crippen molar-refractivity contribution in [3.8, 4) is 39.7 Å². The normalized spacial score (nSPS) is 11.6. The lowest BCUT2D eigenvalue weighted by molar-refractivity contribution is 1.18. The molecule has 11 rings (SSSR count). The maximum atomic E-state index is 9.24. The molecular formula is C50H28N4S. The van der Waals surface area contributed by atoms with Gasteiger partial charge in [0.25, 0.3) is 0 Å². The van der Waals surface area contributed by atoms with Gasteiger partial charge in [0.05, 0.1) is 40.3 Å². The van der Waals surface area contributed by atoms with Crippen LogP contribution in [0.2, 0.25) is 0 Å². The summed E-state index contributed by atoms with van der Waals surface area (Å²) in [7, 11) is 0. The van der Waals surface area contributed by atoms with Crippen molar-refractivity contribution in [2.24, 2.45) is 0 Å². The fraction of sp³-hybridized carbons (Fsp3) is 0. The van der Waals surface area contributed by atoms with Crippen molar-refractivity contribution in [3.05, 3.63) is 187 Å². The Hall–Kier alpha value is -7.44. The van der Waals surface area contributed by atoms with Crippen LogP contribution < -0.4 is 0 Å². The molecule has 5 heteroatoms. The highest BCUT2D eigenvalue weighted by Crippen LogP contribution is 2.47. The summed E-state index contributed by atoms with van der Waals surface area (Å²) < 4.78 is 7.38. The Kier molecular flexibility index (Phi) is 6.82. The Bertz CT molecular complexity index is 3170. The van der Waals surface area contributed by atoms with Gasteiger partial charge in [0.1, 0.15) is 0 Å². The zero-order valence-electron chi connectivity index (χ0n) is 29.4. The molecule has 0 atom stereocenters. The van der Waals surface area contributed by atoms with Crippen LogP contribution in [0.15, 0.2) is 170 Å². The molecule has 0 radical (unpaired) electrons. The SMILES string of the molecule is [C-]#[N+]c1ccc(-c2ccc(-n3c4ccccc4c4c5sc6c(ccc7c6c6ccccc6n7-c6ccc(-c7ccc(C#N)cc7)cc6)c5ccc43)cc2)cc1. The minimum Gasteiger partial charge on any atom is -0.309 e. The van der Waals surface area contributed by atoms with Crippen molar-refractivity contribution in [3.63, 3.8) is 0 Å². The molecule has 55 heavy (non-hydrogen) atoms. The van der Waals surface area contributed by atoms with E-state index in [1.807, 2.05) is 59.9 Å². The van der Waals surface area contributed by atoms with Crippen molar-refractivity contribution in [1.82, 2.24) is 9.13 Å². The van der Waals surface area contributed by atoms with Crippen molar-refractivity contribution in [1.29, 1.82) is 5.26 Å². The Morgan fingerprint density at radius 2 is 0.855 bits per heavy atom. The van der Waals surface area contributed by atoms with E-state index >= 15 is 0 Å². The fourth-order valence-electron chi connectivity index (χ4n) is 8.42. The molecule has 3 heterocycles. The largest absolute Gasteiger partial charge is 0.309 e. The molecule has 0 amide bonds. The molecule has 4 nitrogen and oxygen atoms in total. The minimum absolute atomic E-state index is 0.649. The van der Waals surface area contributed by atoms with Gasteiger partial charge in [0.15, 0.2) is 5.69 Å². The number of benzene rings is 8. The summed E-state index contributed by atoms with van der Waals surface area (Å²) >= 11 is 1.90. The topological polar surface area (TPSA) is 38.0 Å². The van der Waals surface area contributed by atoms with Crippen LogP contribution in [0.5, 0.6) is 0 Å². The van der Waals surface area contributed by atoms with Crippen LogP contribution in [-0.2, 0) is 0 Å². The summed E-state index contributed by atoms with van der Waals surface area (Å²) in [5.41, 5.74) is 12.7. The molecule has 0 aliphatic heterocycles. The first-order valence-electron chi connectivity index (χ1n) is 18.2. The van der Waals surface area contributed by atoms with Crippen molar-refractivity contribution in [2.45, 2.75) is 0 Å². The summed E-state index contributed by atoms with van der Waals surface area (Å²) in [6.07, 6.45) is 0. The van der Waals surface area contributed by atoms with Gasteiger partial charge in [-0.1, -0.05) is 109 Å². The third-order valence-corrected chi connectivity index (χ3v) is 12.3. The van der Waals surface area contributed by atoms with Gasteiger partial charge in [-0.15, -0.1) is 11.3 Å². The molecule has 0 saturated carbocycles. The third-order valence-electron chi connectivity index (χ3n) is 11.0. The second-order valence-electron chi connectivity index (χ2n) is 13.9. The predicted octanol–water partition coefficient (Wildman–Crippen LogP) is 14.0. The highest BCUT2D eigenvalue weighted by molar-refractivity contribution is 7.27. The van der Waals surface area contributed by atoms with Crippen LogP contribution in [0, 0.1) is 17.9 Å². The minimum atomic E-state index is 0.649. The molecule has 11 aromatic rings. The van der Waals surface area contributed by atoms with E-state index in [1.54, 1.807) is 0 Å². The van der Waals surface area contributed by atoms with Gasteiger partial charge in [-0.25, -0.2) is 4.85 Å². The lowest BCUT2D eigenvalue weighted by Gasteiger charge is -2.10. The molecule has 0 aliphatic carbocycles. The average Bonchev–Trinajstić information content (AvgIpc) is 3.91. The maximum Gasteiger partial charge on any atom is 0.187 e. The van der Waals surface area contributed by atoms with Gasteiger partial charge < -0.3 is 9.13 Å². The van der Waals surface area contributed by atoms with Crippen LogP contribution in [-0.4, -0.2) is 9.13 Å². The lowest BCUT2D eigenvalue weighted by atomic mass is 10.0. The summed E-state index contributed by atoms with van der Waals surface area (Å²) in [5.74, 6) is 0. The number of fused-ring (bicyclic) bond motifs is 11. The molecule has 0 spiro atoms. The van der Waals surface area contributed by atoms with Crippen LogP contribution in [0.1, 0.15) is 5.56 Å². The van der Waals surface area contributed by atoms with Crippen LogP contribution in [0.3, 0.4) is 0 Å². The van der Waals surface area contributed by atoms with Crippen molar-refractivity contribution < 1.29 is 0 Å². The highest BCUT2D eigenvalue weighted by Gasteiger charge is 2.21. The zero-order valence-corrected chi connectivity index (χ0v) is 30.2. The quantitative estimate of drug-likeness (QED) is 0.167. The molecular weight excluding hydrogens is 689 g/mol. The van der Waals surface area contributed by atoms with Gasteiger partial charge in [-0.2, -0.15) is 5.26 Å². The first-order chi connectivity index (χ1) is 27.2. The van der Waals surface area contributed by atoms with E-state index in [0.717, 1.165) is 33.6 Å². The molecule has 0 unspecified atom stereocenters. The third kappa shape index (κ3) is 4.68. The second-order valence-corrected chi connectivity index (χ2v) is 14.9. The van der Waals surface area contributed by atoms with Crippen molar-refractivity contribution in [2.75, 3.05) is 0 Å². The van der Waals surface area contributed by atoms with E-state index in [1.165, 1.54) is 63.8 Å². The predicted molar refractivity (Wildman–Crippen MR) is 230 cm³/mol. The number of aromatic nitrogens is 2. The number of rotatable bonds is 4. The summed E-state index contributed by atoms with van der Waals surface area (Å²) in [6, 6.07) is 62.0. The standard InChI is InChI=1S/C50H28N4S/c1-52-36-20-14-33(15-21-36)35-18-24-38(25-19-35)54-44-9-5-3-7-42(44)48-46(54)29-27-40-39-26-28-45-47(49(39)55-50(40)48)41-6-2-4-8-43(41)53(45)37-22-16-34(17-23-37)32-12-10-31(30-51)11-13-32/h2-29H. The number of hydrogen-bond donors (Lipinski definition) is 0. The molecule has 0 bridgehead atoms. The van der Waals surface area contributed by atoms with E-state index < -0.39 is 0 Å². The van der Waals surface area contributed by atoms with Crippen molar-refractivity contribution >= 4 is 80.8 Å². The Balaban J connectivity index is 1.09. The fourth-order valence-corrected chi connectivity index (χ4v) is 9.84. The Morgan fingerprint density at radius 1 is 0.436 bits per heavy atom. The number of thiophene rings is 1. The number of hydrogen-bond acceptors (Lipinski definition) is 2. The average molecular weight is 717 g/mol. The van der Waals surface area contributed by atoms with Crippen LogP contribution in [0.4, 0.5) is 5.69 Å². The maximum absolute atomic E-state index is 9.24. The van der Waals surface area contributed by atoms with E-state index in [4.69, 9.17) is 6.57 Å². The summed E-state index contributed by atoms with van der Waals surface area (Å²) in [6.45, 7) is 7.30. The zero-order chi connectivity index (χ0) is 36.6. The van der Waals surface area contributed by atoms with E-state index in [0.29, 0.717) is 11.3 Å². The Labute approximate surface area is 320 Å². The van der Waals surface area contributed by atoms with Gasteiger partial charge in [0.2, 0.25) is 0 Å². The summed E-state index contributed by atoms with van der Waals surface area (Å²) in [5, 5.41) is 16.8. The smallest absolute Gasteiger partial charge is 0.187 e. The molecule has 0 N–H and O–H groups in total. The molecule has 254 valence electrons. The number of nitrogens with zero attached hydrogens (tertiary/aromatic N) is 4. The monoisotopic (exact) mass is 716 g/mol.